The Bertz CT molecular complexity index is 851. The van der Waals surface area contributed by atoms with Crippen molar-refractivity contribution in [1.82, 2.24) is 0 Å². The molecule has 0 fully saturated rings. The van der Waals surface area contributed by atoms with E-state index >= 15 is 0 Å². The van der Waals surface area contributed by atoms with E-state index in [1.54, 1.807) is 0 Å². The minimum Gasteiger partial charge on any atom is -0.545 e. The molecule has 0 spiro atoms. The molecule has 2 atom stereocenters. The summed E-state index contributed by atoms with van der Waals surface area (Å²) >= 11 is 0. The van der Waals surface area contributed by atoms with E-state index in [0.29, 0.717) is 17.4 Å². The van der Waals surface area contributed by atoms with Gasteiger partial charge in [0.2, 0.25) is 0 Å². The number of likely N-dealkylation sites (N-methyl/N-ethyl adjacent to an activating group) is 1. The van der Waals surface area contributed by atoms with Gasteiger partial charge in [-0.2, -0.15) is 0 Å². The van der Waals surface area contributed by atoms with Crippen LogP contribution in [-0.2, 0) is 33.3 Å². The number of unbranched alkanes of at least 4 members (excludes halogenated alkanes) is 15. The van der Waals surface area contributed by atoms with Crippen molar-refractivity contribution in [3.63, 3.8) is 0 Å². The lowest BCUT2D eigenvalue weighted by Gasteiger charge is -2.26. The van der Waals surface area contributed by atoms with E-state index < -0.39 is 24.3 Å². The first-order valence-electron chi connectivity index (χ1n) is 19.0. The number of nitrogens with zero attached hydrogens (tertiary/aromatic N) is 1. The number of carboxylic acid groups (broad SMARTS) is 1. The van der Waals surface area contributed by atoms with Crippen LogP contribution in [0.25, 0.3) is 0 Å². The van der Waals surface area contributed by atoms with Crippen molar-refractivity contribution in [2.45, 2.75) is 161 Å². The summed E-state index contributed by atoms with van der Waals surface area (Å²) in [6.07, 6.45) is 28.0. The second kappa shape index (κ2) is 32.0. The van der Waals surface area contributed by atoms with E-state index in [4.69, 9.17) is 18.9 Å². The third-order valence-electron chi connectivity index (χ3n) is 7.95. The molecule has 48 heavy (non-hydrogen) atoms. The topological polar surface area (TPSA) is 111 Å². The van der Waals surface area contributed by atoms with Crippen molar-refractivity contribution in [3.8, 4) is 0 Å². The SMILES string of the molecule is CCCCC/C=C\C/C=C\CCCCCCCCCC(=O)OC(COC(=O)CCCCCCCC)COC(OCC[N+](C)(C)C)C(=O)[O-]. The summed E-state index contributed by atoms with van der Waals surface area (Å²) in [4.78, 5) is 36.5. The maximum Gasteiger partial charge on any atom is 0.306 e. The average molecular weight is 682 g/mol. The lowest BCUT2D eigenvalue weighted by Crippen LogP contribution is -2.44. The Morgan fingerprint density at radius 3 is 1.69 bits per heavy atom. The van der Waals surface area contributed by atoms with Crippen molar-refractivity contribution in [2.75, 3.05) is 47.5 Å². The summed E-state index contributed by atoms with van der Waals surface area (Å²) in [5.41, 5.74) is 0. The minimum atomic E-state index is -1.62. The van der Waals surface area contributed by atoms with Crippen molar-refractivity contribution >= 4 is 17.9 Å². The van der Waals surface area contributed by atoms with Gasteiger partial charge in [-0.25, -0.2) is 0 Å². The molecule has 0 saturated heterocycles. The molecule has 0 radical (unpaired) electrons. The van der Waals surface area contributed by atoms with Crippen LogP contribution in [0.15, 0.2) is 24.3 Å². The number of ether oxygens (including phenoxy) is 4. The summed E-state index contributed by atoms with van der Waals surface area (Å²) in [5, 5.41) is 11.6. The first kappa shape index (κ1) is 45.8. The zero-order chi connectivity index (χ0) is 35.7. The van der Waals surface area contributed by atoms with Crippen LogP contribution in [0.3, 0.4) is 0 Å². The zero-order valence-corrected chi connectivity index (χ0v) is 31.4. The molecule has 2 unspecified atom stereocenters. The number of hydrogen-bond donors (Lipinski definition) is 0. The first-order valence-corrected chi connectivity index (χ1v) is 19.0. The maximum absolute atomic E-state index is 12.6. The number of carboxylic acids is 1. The standard InChI is InChI=1S/C39H71NO8/c1-6-8-10-12-14-15-16-17-18-19-20-21-22-23-24-26-28-30-37(42)48-35(33-46-36(41)29-27-25-13-11-9-7-2)34-47-39(38(43)44)45-32-31-40(3,4)5/h14-15,17-18,35,39H,6-13,16,19-34H2,1-5H3/b15-14-,18-17-. The van der Waals surface area contributed by atoms with Crippen LogP contribution < -0.4 is 5.11 Å². The van der Waals surface area contributed by atoms with Crippen LogP contribution in [0.1, 0.15) is 149 Å². The maximum atomic E-state index is 12.6. The monoisotopic (exact) mass is 682 g/mol. The third-order valence-corrected chi connectivity index (χ3v) is 7.95. The van der Waals surface area contributed by atoms with Gasteiger partial charge in [-0.1, -0.05) is 115 Å². The molecule has 280 valence electrons. The van der Waals surface area contributed by atoms with Crippen LogP contribution in [0, 0.1) is 0 Å². The fourth-order valence-corrected chi connectivity index (χ4v) is 4.92. The molecule has 0 heterocycles. The van der Waals surface area contributed by atoms with Gasteiger partial charge in [-0.3, -0.25) is 9.59 Å². The highest BCUT2D eigenvalue weighted by atomic mass is 16.7. The van der Waals surface area contributed by atoms with Gasteiger partial charge in [-0.05, 0) is 44.9 Å². The lowest BCUT2D eigenvalue weighted by molar-refractivity contribution is -0.870. The number of hydrogen-bond acceptors (Lipinski definition) is 8. The van der Waals surface area contributed by atoms with Crippen molar-refractivity contribution in [1.29, 1.82) is 0 Å². The number of allylic oxidation sites excluding steroid dienone is 4. The Morgan fingerprint density at radius 1 is 0.625 bits per heavy atom. The normalized spacial score (nSPS) is 13.3. The van der Waals surface area contributed by atoms with Gasteiger partial charge in [-0.15, -0.1) is 0 Å². The van der Waals surface area contributed by atoms with Crippen LogP contribution in [0.4, 0.5) is 0 Å². The van der Waals surface area contributed by atoms with E-state index in [0.717, 1.165) is 57.8 Å². The van der Waals surface area contributed by atoms with Gasteiger partial charge in [0.25, 0.3) is 0 Å². The summed E-state index contributed by atoms with van der Waals surface area (Å²) in [6, 6.07) is 0. The van der Waals surface area contributed by atoms with E-state index in [1.807, 2.05) is 21.1 Å². The van der Waals surface area contributed by atoms with Gasteiger partial charge < -0.3 is 33.3 Å². The van der Waals surface area contributed by atoms with Crippen LogP contribution >= 0.6 is 0 Å². The molecule has 0 aromatic carbocycles. The second-order valence-electron chi connectivity index (χ2n) is 13.9. The van der Waals surface area contributed by atoms with E-state index in [-0.39, 0.29) is 38.6 Å². The summed E-state index contributed by atoms with van der Waals surface area (Å²) in [7, 11) is 5.89. The highest BCUT2D eigenvalue weighted by Crippen LogP contribution is 2.13. The Morgan fingerprint density at radius 2 is 1.12 bits per heavy atom. The molecule has 0 rings (SSSR count). The van der Waals surface area contributed by atoms with Crippen LogP contribution in [0.5, 0.6) is 0 Å². The largest absolute Gasteiger partial charge is 0.545 e. The van der Waals surface area contributed by atoms with E-state index in [9.17, 15) is 19.5 Å². The van der Waals surface area contributed by atoms with Gasteiger partial charge in [0.15, 0.2) is 12.4 Å². The summed E-state index contributed by atoms with van der Waals surface area (Å²) in [5.74, 6) is -2.31. The van der Waals surface area contributed by atoms with Crippen molar-refractivity contribution < 1.29 is 42.9 Å². The van der Waals surface area contributed by atoms with Crippen LogP contribution in [-0.4, -0.2) is 82.3 Å². The van der Waals surface area contributed by atoms with Gasteiger partial charge >= 0.3 is 11.9 Å². The predicted molar refractivity (Wildman–Crippen MR) is 191 cm³/mol. The van der Waals surface area contributed by atoms with Crippen LogP contribution in [0.2, 0.25) is 0 Å². The Hall–Kier alpha value is -2.23. The second-order valence-corrected chi connectivity index (χ2v) is 13.9. The first-order chi connectivity index (χ1) is 23.1. The molecule has 9 nitrogen and oxygen atoms in total. The molecule has 0 N–H and O–H groups in total. The fourth-order valence-electron chi connectivity index (χ4n) is 4.92. The third kappa shape index (κ3) is 32.3. The number of carbonyl (C=O) groups excluding carboxylic acids is 3. The highest BCUT2D eigenvalue weighted by molar-refractivity contribution is 5.70. The fraction of sp³-hybridized carbons (Fsp3) is 0.821. The van der Waals surface area contributed by atoms with Crippen molar-refractivity contribution in [3.05, 3.63) is 24.3 Å². The molecule has 0 bridgehead atoms. The zero-order valence-electron chi connectivity index (χ0n) is 31.4. The molecule has 9 heteroatoms. The summed E-state index contributed by atoms with van der Waals surface area (Å²) < 4.78 is 22.3. The number of rotatable bonds is 34. The highest BCUT2D eigenvalue weighted by Gasteiger charge is 2.21. The average Bonchev–Trinajstić information content (AvgIpc) is 3.03. The Kier molecular flexibility index (Phi) is 30.5. The molecule has 0 aliphatic carbocycles. The molecule has 0 aliphatic rings. The predicted octanol–water partition coefficient (Wildman–Crippen LogP) is 7.60. The van der Waals surface area contributed by atoms with Crippen molar-refractivity contribution in [2.24, 2.45) is 0 Å². The number of quaternary nitrogens is 1. The Balaban J connectivity index is 4.44. The number of aliphatic carboxylic acids is 1. The lowest BCUT2D eigenvalue weighted by atomic mass is 10.1. The Labute approximate surface area is 293 Å². The number of carbonyl (C=O) groups is 3. The van der Waals surface area contributed by atoms with E-state index in [1.165, 1.54) is 57.8 Å². The number of esters is 2. The van der Waals surface area contributed by atoms with Gasteiger partial charge in [0.05, 0.1) is 40.3 Å². The van der Waals surface area contributed by atoms with E-state index in [2.05, 4.69) is 38.2 Å². The quantitative estimate of drug-likeness (QED) is 0.0225. The minimum absolute atomic E-state index is 0.147. The molecule has 0 aromatic heterocycles. The molecular formula is C39H71NO8. The molecule has 0 amide bonds. The van der Waals surface area contributed by atoms with Gasteiger partial charge in [0.1, 0.15) is 13.2 Å². The molecule has 0 aromatic rings. The summed E-state index contributed by atoms with van der Waals surface area (Å²) in [6.45, 7) is 4.61. The molecular weight excluding hydrogens is 610 g/mol. The van der Waals surface area contributed by atoms with Gasteiger partial charge in [0, 0.05) is 12.8 Å². The molecule has 0 aliphatic heterocycles. The molecule has 0 saturated carbocycles. The smallest absolute Gasteiger partial charge is 0.306 e.